The average molecular weight is 183 g/mol. The van der Waals surface area contributed by atoms with Gasteiger partial charge in [0.1, 0.15) is 0 Å². The van der Waals surface area contributed by atoms with Gasteiger partial charge >= 0.3 is 0 Å². The summed E-state index contributed by atoms with van der Waals surface area (Å²) in [6.07, 6.45) is 8.68. The molecule has 1 heteroatoms. The lowest BCUT2D eigenvalue weighted by molar-refractivity contribution is 0.215. The monoisotopic (exact) mass is 183 g/mol. The molecule has 0 aromatic carbocycles. The second-order valence-corrected chi connectivity index (χ2v) is 4.59. The minimum atomic E-state index is 0.966. The van der Waals surface area contributed by atoms with Crippen LogP contribution < -0.4 is 0 Å². The summed E-state index contributed by atoms with van der Waals surface area (Å²) in [6, 6.07) is 0.966. The van der Waals surface area contributed by atoms with Crippen molar-refractivity contribution in [3.05, 3.63) is 0 Å². The van der Waals surface area contributed by atoms with Crippen molar-refractivity contribution >= 4 is 0 Å². The van der Waals surface area contributed by atoms with Gasteiger partial charge < -0.3 is 4.90 Å². The van der Waals surface area contributed by atoms with E-state index in [2.05, 4.69) is 25.8 Å². The highest BCUT2D eigenvalue weighted by Gasteiger charge is 2.32. The molecule has 0 unspecified atom stereocenters. The zero-order valence-electron chi connectivity index (χ0n) is 9.55. The van der Waals surface area contributed by atoms with Gasteiger partial charge in [-0.3, -0.25) is 0 Å². The molecule has 0 amide bonds. The van der Waals surface area contributed by atoms with Crippen LogP contribution in [-0.4, -0.2) is 24.5 Å². The van der Waals surface area contributed by atoms with Crippen molar-refractivity contribution in [1.82, 2.24) is 4.90 Å². The van der Waals surface area contributed by atoms with Gasteiger partial charge in [0.15, 0.2) is 0 Å². The fraction of sp³-hybridized carbons (Fsp3) is 1.00. The first kappa shape index (κ1) is 11.0. The topological polar surface area (TPSA) is 3.24 Å². The fourth-order valence-electron chi connectivity index (χ4n) is 2.64. The molecule has 1 aliphatic heterocycles. The van der Waals surface area contributed by atoms with E-state index in [4.69, 9.17) is 0 Å². The molecule has 0 spiro atoms. The zero-order chi connectivity index (χ0) is 9.68. The molecular weight excluding hydrogens is 158 g/mol. The maximum Gasteiger partial charge on any atom is 0.0121 e. The molecule has 2 fully saturated rings. The van der Waals surface area contributed by atoms with E-state index in [0.717, 1.165) is 12.0 Å². The molecule has 13 heavy (non-hydrogen) atoms. The van der Waals surface area contributed by atoms with Crippen molar-refractivity contribution in [2.24, 2.45) is 5.92 Å². The Morgan fingerprint density at radius 2 is 1.69 bits per heavy atom. The molecule has 2 rings (SSSR count). The van der Waals surface area contributed by atoms with Gasteiger partial charge in [-0.2, -0.15) is 0 Å². The third-order valence-electron chi connectivity index (χ3n) is 3.29. The maximum absolute atomic E-state index is 2.56. The summed E-state index contributed by atoms with van der Waals surface area (Å²) in [6.45, 7) is 5.61. The van der Waals surface area contributed by atoms with Crippen LogP contribution in [0.3, 0.4) is 0 Å². The van der Waals surface area contributed by atoms with Gasteiger partial charge in [-0.05, 0) is 38.8 Å². The molecule has 1 heterocycles. The number of rotatable bonds is 0. The second kappa shape index (κ2) is 5.64. The van der Waals surface area contributed by atoms with E-state index in [-0.39, 0.29) is 0 Å². The van der Waals surface area contributed by atoms with Gasteiger partial charge in [0, 0.05) is 6.04 Å². The first-order valence-electron chi connectivity index (χ1n) is 5.99. The van der Waals surface area contributed by atoms with E-state index < -0.39 is 0 Å². The maximum atomic E-state index is 2.56. The van der Waals surface area contributed by atoms with E-state index in [9.17, 15) is 0 Å². The van der Waals surface area contributed by atoms with Crippen molar-refractivity contribution in [3.8, 4) is 0 Å². The van der Waals surface area contributed by atoms with Gasteiger partial charge in [0.25, 0.3) is 0 Å². The molecule has 2 atom stereocenters. The van der Waals surface area contributed by atoms with Crippen LogP contribution in [0, 0.1) is 5.92 Å². The highest BCUT2D eigenvalue weighted by atomic mass is 15.2. The van der Waals surface area contributed by atoms with Crippen LogP contribution in [0.5, 0.6) is 0 Å². The molecule has 1 nitrogen and oxygen atoms in total. The summed E-state index contributed by atoms with van der Waals surface area (Å²) in [7, 11) is 2.29. The van der Waals surface area contributed by atoms with Gasteiger partial charge in [0.05, 0.1) is 0 Å². The van der Waals surface area contributed by atoms with Crippen molar-refractivity contribution in [1.29, 1.82) is 0 Å². The summed E-state index contributed by atoms with van der Waals surface area (Å²) >= 11 is 0. The minimum Gasteiger partial charge on any atom is -0.303 e. The molecule has 78 valence electrons. The molecule has 2 aliphatic rings. The van der Waals surface area contributed by atoms with Crippen LogP contribution in [0.25, 0.3) is 0 Å². The Bertz CT molecular complexity index is 131. The summed E-state index contributed by atoms with van der Waals surface area (Å²) < 4.78 is 0. The van der Waals surface area contributed by atoms with E-state index in [0.29, 0.717) is 0 Å². The van der Waals surface area contributed by atoms with Gasteiger partial charge in [0.2, 0.25) is 0 Å². The minimum absolute atomic E-state index is 0.966. The largest absolute Gasteiger partial charge is 0.303 e. The molecule has 0 aromatic rings. The smallest absolute Gasteiger partial charge is 0.0121 e. The van der Waals surface area contributed by atoms with Crippen molar-refractivity contribution < 1.29 is 0 Å². The number of fused-ring (bicyclic) bond motifs is 1. The normalized spacial score (nSPS) is 33.5. The first-order valence-corrected chi connectivity index (χ1v) is 5.99. The highest BCUT2D eigenvalue weighted by molar-refractivity contribution is 4.87. The zero-order valence-corrected chi connectivity index (χ0v) is 9.55. The summed E-state index contributed by atoms with van der Waals surface area (Å²) in [5.41, 5.74) is 0. The van der Waals surface area contributed by atoms with Crippen LogP contribution in [0.2, 0.25) is 0 Å². The van der Waals surface area contributed by atoms with E-state index >= 15 is 0 Å². The average Bonchev–Trinajstić information content (AvgIpc) is 2.50. The van der Waals surface area contributed by atoms with Crippen molar-refractivity contribution in [2.45, 2.75) is 58.4 Å². The van der Waals surface area contributed by atoms with Crippen LogP contribution in [0.15, 0.2) is 0 Å². The Labute approximate surface area is 83.5 Å². The fourth-order valence-corrected chi connectivity index (χ4v) is 2.64. The van der Waals surface area contributed by atoms with Crippen molar-refractivity contribution in [2.75, 3.05) is 13.6 Å². The quantitative estimate of drug-likeness (QED) is 0.557. The Hall–Kier alpha value is -0.0400. The molecule has 0 N–H and O–H groups in total. The highest BCUT2D eigenvalue weighted by Crippen LogP contribution is 2.34. The molecule has 1 saturated heterocycles. The van der Waals surface area contributed by atoms with Crippen LogP contribution in [0.4, 0.5) is 0 Å². The van der Waals surface area contributed by atoms with E-state index in [1.165, 1.54) is 45.1 Å². The number of hydrogen-bond acceptors (Lipinski definition) is 1. The third-order valence-corrected chi connectivity index (χ3v) is 3.29. The SMILES string of the molecule is CCC.CN1CC[C@@H]2CCCC[C@@H]21. The van der Waals surface area contributed by atoms with Gasteiger partial charge in [-0.25, -0.2) is 0 Å². The first-order chi connectivity index (χ1) is 6.29. The van der Waals surface area contributed by atoms with E-state index in [1.807, 2.05) is 0 Å². The van der Waals surface area contributed by atoms with Crippen LogP contribution in [-0.2, 0) is 0 Å². The Morgan fingerprint density at radius 3 is 2.31 bits per heavy atom. The Morgan fingerprint density at radius 1 is 1.08 bits per heavy atom. The molecule has 0 bridgehead atoms. The summed E-state index contributed by atoms with van der Waals surface area (Å²) in [4.78, 5) is 2.56. The Balaban J connectivity index is 0.000000251. The predicted octanol–water partition coefficient (Wildman–Crippen LogP) is 3.30. The summed E-state index contributed by atoms with van der Waals surface area (Å²) in [5, 5.41) is 0. The molecule has 1 aliphatic carbocycles. The lowest BCUT2D eigenvalue weighted by Crippen LogP contribution is -2.31. The number of hydrogen-bond donors (Lipinski definition) is 0. The number of nitrogens with zero attached hydrogens (tertiary/aromatic N) is 1. The second-order valence-electron chi connectivity index (χ2n) is 4.59. The lowest BCUT2D eigenvalue weighted by Gasteiger charge is -2.28. The molecule has 0 radical (unpaired) electrons. The lowest BCUT2D eigenvalue weighted by atomic mass is 9.85. The van der Waals surface area contributed by atoms with E-state index in [1.54, 1.807) is 0 Å². The van der Waals surface area contributed by atoms with Gasteiger partial charge in [-0.15, -0.1) is 0 Å². The molecular formula is C12H25N. The van der Waals surface area contributed by atoms with Crippen LogP contribution >= 0.6 is 0 Å². The standard InChI is InChI=1S/C9H17N.C3H8/c1-10-7-6-8-4-2-3-5-9(8)10;1-3-2/h8-9H,2-7H2,1H3;3H2,1-2H3/t8-,9-;/m0./s1. The molecule has 0 aromatic heterocycles. The van der Waals surface area contributed by atoms with Crippen molar-refractivity contribution in [3.63, 3.8) is 0 Å². The predicted molar refractivity (Wildman–Crippen MR) is 59.0 cm³/mol. The summed E-state index contributed by atoms with van der Waals surface area (Å²) in [5.74, 6) is 1.07. The number of likely N-dealkylation sites (tertiary alicyclic amines) is 1. The third kappa shape index (κ3) is 2.98. The molecule has 1 saturated carbocycles. The Kier molecular flexibility index (Phi) is 4.79. The van der Waals surface area contributed by atoms with Crippen LogP contribution in [0.1, 0.15) is 52.4 Å². The van der Waals surface area contributed by atoms with Gasteiger partial charge in [-0.1, -0.05) is 33.1 Å².